The van der Waals surface area contributed by atoms with Crippen molar-refractivity contribution >= 4 is 36.5 Å². The van der Waals surface area contributed by atoms with Crippen LogP contribution in [0.5, 0.6) is 0 Å². The van der Waals surface area contributed by atoms with Gasteiger partial charge in [0.15, 0.2) is 0 Å². The van der Waals surface area contributed by atoms with Gasteiger partial charge in [-0.3, -0.25) is 4.79 Å². The van der Waals surface area contributed by atoms with Crippen molar-refractivity contribution in [1.29, 1.82) is 0 Å². The number of ether oxygens (including phenoxy) is 1. The van der Waals surface area contributed by atoms with Crippen molar-refractivity contribution in [3.8, 4) is 0 Å². The summed E-state index contributed by atoms with van der Waals surface area (Å²) in [5, 5.41) is 2.92. The van der Waals surface area contributed by atoms with Crippen molar-refractivity contribution in [3.63, 3.8) is 0 Å². The van der Waals surface area contributed by atoms with Gasteiger partial charge in [0.25, 0.3) is 0 Å². The predicted molar refractivity (Wildman–Crippen MR) is 96.5 cm³/mol. The largest absolute Gasteiger partial charge is 0.378 e. The summed E-state index contributed by atoms with van der Waals surface area (Å²) in [7, 11) is 0. The monoisotopic (exact) mass is 364 g/mol. The minimum absolute atomic E-state index is 0. The van der Waals surface area contributed by atoms with Crippen LogP contribution in [0.2, 0.25) is 0 Å². The maximum absolute atomic E-state index is 11.7. The van der Waals surface area contributed by atoms with E-state index in [1.54, 1.807) is 6.20 Å². The lowest BCUT2D eigenvalue weighted by molar-refractivity contribution is -0.121. The zero-order valence-corrected chi connectivity index (χ0v) is 15.0. The number of carbonyl (C=O) groups is 1. The van der Waals surface area contributed by atoms with Crippen LogP contribution in [0.15, 0.2) is 18.3 Å². The Balaban J connectivity index is 0.00000242. The number of hydrogen-bond donors (Lipinski definition) is 2. The summed E-state index contributed by atoms with van der Waals surface area (Å²) in [4.78, 5) is 18.3. The summed E-state index contributed by atoms with van der Waals surface area (Å²) in [5.74, 6) is 0.984. The Hall–Kier alpha value is -1.08. The molecule has 1 unspecified atom stereocenters. The molecule has 6 nitrogen and oxygen atoms in total. The first-order valence-electron chi connectivity index (χ1n) is 7.45. The van der Waals surface area contributed by atoms with Crippen LogP contribution in [-0.4, -0.2) is 43.2 Å². The van der Waals surface area contributed by atoms with Crippen LogP contribution in [0.25, 0.3) is 0 Å². The van der Waals surface area contributed by atoms with E-state index in [0.29, 0.717) is 19.4 Å². The normalized spacial score (nSPS) is 15.1. The second-order valence-corrected chi connectivity index (χ2v) is 5.41. The summed E-state index contributed by atoms with van der Waals surface area (Å²) in [6.45, 7) is 5.62. The van der Waals surface area contributed by atoms with E-state index in [-0.39, 0.29) is 36.8 Å². The maximum atomic E-state index is 11.7. The molecule has 0 radical (unpaired) electrons. The number of hydrogen-bond acceptors (Lipinski definition) is 5. The molecular formula is C15H26Cl2N4O2. The van der Waals surface area contributed by atoms with Crippen LogP contribution >= 0.6 is 24.8 Å². The second kappa shape index (κ2) is 11.5. The van der Waals surface area contributed by atoms with Gasteiger partial charge in [0, 0.05) is 38.3 Å². The van der Waals surface area contributed by atoms with Crippen LogP contribution in [0.1, 0.15) is 25.3 Å². The molecule has 3 N–H and O–H groups in total. The predicted octanol–water partition coefficient (Wildman–Crippen LogP) is 1.51. The quantitative estimate of drug-likeness (QED) is 0.799. The second-order valence-electron chi connectivity index (χ2n) is 5.41. The minimum Gasteiger partial charge on any atom is -0.378 e. The van der Waals surface area contributed by atoms with Gasteiger partial charge >= 0.3 is 0 Å². The van der Waals surface area contributed by atoms with E-state index in [9.17, 15) is 4.79 Å². The Kier molecular flexibility index (Phi) is 10.9. The van der Waals surface area contributed by atoms with Gasteiger partial charge in [0.2, 0.25) is 5.91 Å². The van der Waals surface area contributed by atoms with Gasteiger partial charge in [-0.25, -0.2) is 4.98 Å². The van der Waals surface area contributed by atoms with Crippen LogP contribution < -0.4 is 16.0 Å². The highest BCUT2D eigenvalue weighted by atomic mass is 35.5. The third-order valence-electron chi connectivity index (χ3n) is 3.46. The standard InChI is InChI=1S/C15H24N4O2.2ClH/c1-12(16)2-3-15(20)18-11-13-4-5-17-14(10-13)19-6-8-21-9-7-19;;/h4-5,10,12H,2-3,6-9,11,16H2,1H3,(H,18,20);2*1H. The molecule has 1 aromatic rings. The van der Waals surface area contributed by atoms with E-state index < -0.39 is 0 Å². The first-order valence-corrected chi connectivity index (χ1v) is 7.45. The van der Waals surface area contributed by atoms with Crippen molar-refractivity contribution in [2.45, 2.75) is 32.4 Å². The van der Waals surface area contributed by atoms with Gasteiger partial charge in [-0.15, -0.1) is 24.8 Å². The molecule has 1 atom stereocenters. The number of carbonyl (C=O) groups excluding carboxylic acids is 1. The molecule has 2 rings (SSSR count). The molecule has 1 aliphatic rings. The van der Waals surface area contributed by atoms with Crippen molar-refractivity contribution < 1.29 is 9.53 Å². The SMILES string of the molecule is CC(N)CCC(=O)NCc1ccnc(N2CCOCC2)c1.Cl.Cl. The van der Waals surface area contributed by atoms with Crippen LogP contribution in [0, 0.1) is 0 Å². The highest BCUT2D eigenvalue weighted by molar-refractivity contribution is 5.85. The number of pyridine rings is 1. The number of aromatic nitrogens is 1. The van der Waals surface area contributed by atoms with E-state index in [1.807, 2.05) is 19.1 Å². The van der Waals surface area contributed by atoms with E-state index in [1.165, 1.54) is 0 Å². The first kappa shape index (κ1) is 21.9. The molecule has 1 amide bonds. The third-order valence-corrected chi connectivity index (χ3v) is 3.46. The number of halogens is 2. The Morgan fingerprint density at radius 3 is 2.78 bits per heavy atom. The average molecular weight is 365 g/mol. The van der Waals surface area contributed by atoms with Gasteiger partial charge in [0.1, 0.15) is 5.82 Å². The molecule has 0 spiro atoms. The number of rotatable bonds is 6. The number of anilines is 1. The smallest absolute Gasteiger partial charge is 0.220 e. The maximum Gasteiger partial charge on any atom is 0.220 e. The van der Waals surface area contributed by atoms with E-state index >= 15 is 0 Å². The molecule has 0 saturated carbocycles. The van der Waals surface area contributed by atoms with Gasteiger partial charge in [-0.1, -0.05) is 0 Å². The Labute approximate surface area is 150 Å². The van der Waals surface area contributed by atoms with E-state index in [0.717, 1.165) is 37.7 Å². The molecule has 1 aromatic heterocycles. The molecule has 0 bridgehead atoms. The van der Waals surface area contributed by atoms with Crippen molar-refractivity contribution in [2.75, 3.05) is 31.2 Å². The van der Waals surface area contributed by atoms with Crippen LogP contribution in [0.3, 0.4) is 0 Å². The van der Waals surface area contributed by atoms with Gasteiger partial charge in [-0.05, 0) is 31.0 Å². The lowest BCUT2D eigenvalue weighted by Crippen LogP contribution is -2.36. The summed E-state index contributed by atoms with van der Waals surface area (Å²) < 4.78 is 5.34. The Morgan fingerprint density at radius 1 is 1.43 bits per heavy atom. The zero-order valence-electron chi connectivity index (χ0n) is 13.4. The Bertz CT molecular complexity index is 469. The summed E-state index contributed by atoms with van der Waals surface area (Å²) >= 11 is 0. The van der Waals surface area contributed by atoms with Crippen molar-refractivity contribution in [1.82, 2.24) is 10.3 Å². The molecule has 1 fully saturated rings. The molecule has 0 aromatic carbocycles. The third kappa shape index (κ3) is 7.83. The molecular weight excluding hydrogens is 339 g/mol. The fraction of sp³-hybridized carbons (Fsp3) is 0.600. The number of nitrogens with two attached hydrogens (primary N) is 1. The molecule has 1 saturated heterocycles. The van der Waals surface area contributed by atoms with Gasteiger partial charge in [-0.2, -0.15) is 0 Å². The highest BCUT2D eigenvalue weighted by Crippen LogP contribution is 2.14. The molecule has 23 heavy (non-hydrogen) atoms. The van der Waals surface area contributed by atoms with Crippen LogP contribution in [0.4, 0.5) is 5.82 Å². The molecule has 1 aliphatic heterocycles. The van der Waals surface area contributed by atoms with Gasteiger partial charge < -0.3 is 20.7 Å². The lowest BCUT2D eigenvalue weighted by Gasteiger charge is -2.28. The molecule has 2 heterocycles. The average Bonchev–Trinajstić information content (AvgIpc) is 2.52. The topological polar surface area (TPSA) is 80.5 Å². The Morgan fingerprint density at radius 2 is 2.13 bits per heavy atom. The summed E-state index contributed by atoms with van der Waals surface area (Å²) in [6, 6.07) is 4.01. The zero-order chi connectivity index (χ0) is 15.1. The fourth-order valence-corrected chi connectivity index (χ4v) is 2.18. The van der Waals surface area contributed by atoms with Crippen molar-refractivity contribution in [2.24, 2.45) is 5.73 Å². The minimum atomic E-state index is 0. The molecule has 0 aliphatic carbocycles. The first-order chi connectivity index (χ1) is 10.1. The van der Waals surface area contributed by atoms with E-state index in [4.69, 9.17) is 10.5 Å². The highest BCUT2D eigenvalue weighted by Gasteiger charge is 2.12. The molecule has 132 valence electrons. The number of nitrogens with zero attached hydrogens (tertiary/aromatic N) is 2. The van der Waals surface area contributed by atoms with Gasteiger partial charge in [0.05, 0.1) is 13.2 Å². The molecule has 8 heteroatoms. The van der Waals surface area contributed by atoms with Crippen LogP contribution in [-0.2, 0) is 16.1 Å². The number of nitrogens with one attached hydrogen (secondary N) is 1. The van der Waals surface area contributed by atoms with E-state index in [2.05, 4.69) is 15.2 Å². The fourth-order valence-electron chi connectivity index (χ4n) is 2.18. The van der Waals surface area contributed by atoms with Crippen molar-refractivity contribution in [3.05, 3.63) is 23.9 Å². The number of amides is 1. The summed E-state index contributed by atoms with van der Waals surface area (Å²) in [6.07, 6.45) is 2.97. The number of morpholine rings is 1. The summed E-state index contributed by atoms with van der Waals surface area (Å²) in [5.41, 5.74) is 6.70. The lowest BCUT2D eigenvalue weighted by atomic mass is 10.2.